The number of anilines is 1. The molecule has 0 fully saturated rings. The summed E-state index contributed by atoms with van der Waals surface area (Å²) in [6, 6.07) is 10.9. The second-order valence-corrected chi connectivity index (χ2v) is 9.73. The van der Waals surface area contributed by atoms with Crippen molar-refractivity contribution in [2.24, 2.45) is 5.73 Å². The highest BCUT2D eigenvalue weighted by Gasteiger charge is 2.25. The molecule has 8 nitrogen and oxygen atoms in total. The minimum absolute atomic E-state index is 0.0263. The van der Waals surface area contributed by atoms with E-state index in [9.17, 15) is 21.6 Å². The molecule has 2 rings (SSSR count). The Morgan fingerprint density at radius 1 is 0.808 bits per heavy atom. The molecule has 1 amide bonds. The zero-order valence-corrected chi connectivity index (χ0v) is 16.1. The summed E-state index contributed by atoms with van der Waals surface area (Å²) in [5, 5.41) is 0. The minimum atomic E-state index is -4.01. The number of carbonyl (C=O) groups excluding carboxylic acids is 1. The van der Waals surface area contributed by atoms with Gasteiger partial charge in [0.15, 0.2) is 0 Å². The second-order valence-electron chi connectivity index (χ2n) is 5.61. The van der Waals surface area contributed by atoms with Crippen molar-refractivity contribution in [1.29, 1.82) is 0 Å². The Balaban J connectivity index is 2.47. The first-order valence-corrected chi connectivity index (χ1v) is 10.3. The molecule has 0 unspecified atom stereocenters. The van der Waals surface area contributed by atoms with Gasteiger partial charge in [-0.1, -0.05) is 12.1 Å². The molecule has 0 saturated carbocycles. The summed E-state index contributed by atoms with van der Waals surface area (Å²) in [5.41, 5.74) is 5.49. The number of hydrogen-bond donors (Lipinski definition) is 1. The average molecular weight is 397 g/mol. The highest BCUT2D eigenvalue weighted by molar-refractivity contribution is 7.92. The number of amides is 1. The second kappa shape index (κ2) is 7.06. The summed E-state index contributed by atoms with van der Waals surface area (Å²) in [5.74, 6) is -0.755. The van der Waals surface area contributed by atoms with Gasteiger partial charge in [0.1, 0.15) is 0 Å². The van der Waals surface area contributed by atoms with Gasteiger partial charge in [0.25, 0.3) is 15.9 Å². The summed E-state index contributed by atoms with van der Waals surface area (Å²) < 4.78 is 51.8. The number of hydrogen-bond acceptors (Lipinski definition) is 5. The lowest BCUT2D eigenvalue weighted by atomic mass is 10.2. The van der Waals surface area contributed by atoms with Crippen molar-refractivity contribution in [3.05, 3.63) is 54.1 Å². The van der Waals surface area contributed by atoms with E-state index >= 15 is 0 Å². The maximum atomic E-state index is 12.8. The largest absolute Gasteiger partial charge is 0.366 e. The third-order valence-electron chi connectivity index (χ3n) is 3.77. The standard InChI is InChI=1S/C16H19N3O5S2/c1-18(2)25(21,22)12-8-10-13(11-9-12)26(23,24)19(3)15-7-5-4-6-14(15)16(17)20/h4-11H,1-3H3,(H2,17,20). The van der Waals surface area contributed by atoms with Gasteiger partial charge in [0, 0.05) is 21.1 Å². The first-order valence-electron chi connectivity index (χ1n) is 7.40. The maximum Gasteiger partial charge on any atom is 0.264 e. The lowest BCUT2D eigenvalue weighted by Gasteiger charge is -2.21. The number of sulfonamides is 2. The topological polar surface area (TPSA) is 118 Å². The Morgan fingerprint density at radius 3 is 1.73 bits per heavy atom. The van der Waals surface area contributed by atoms with Crippen LogP contribution in [-0.2, 0) is 20.0 Å². The van der Waals surface area contributed by atoms with Crippen LogP contribution in [0.15, 0.2) is 58.3 Å². The highest BCUT2D eigenvalue weighted by atomic mass is 32.2. The number of carbonyl (C=O) groups is 1. The number of primary amides is 1. The SMILES string of the molecule is CN(C)S(=O)(=O)c1ccc(S(=O)(=O)N(C)c2ccccc2C(N)=O)cc1. The van der Waals surface area contributed by atoms with E-state index in [1.165, 1.54) is 57.5 Å². The van der Waals surface area contributed by atoms with Gasteiger partial charge in [0.05, 0.1) is 21.0 Å². The van der Waals surface area contributed by atoms with Crippen LogP contribution in [0.5, 0.6) is 0 Å². The van der Waals surface area contributed by atoms with Gasteiger partial charge in [-0.05, 0) is 36.4 Å². The van der Waals surface area contributed by atoms with E-state index in [1.54, 1.807) is 12.1 Å². The minimum Gasteiger partial charge on any atom is -0.366 e. The van der Waals surface area contributed by atoms with Crippen molar-refractivity contribution in [3.63, 3.8) is 0 Å². The first-order chi connectivity index (χ1) is 12.0. The Bertz CT molecular complexity index is 1030. The fourth-order valence-electron chi connectivity index (χ4n) is 2.24. The van der Waals surface area contributed by atoms with Crippen LogP contribution in [0.2, 0.25) is 0 Å². The van der Waals surface area contributed by atoms with E-state index in [0.717, 1.165) is 8.61 Å². The van der Waals surface area contributed by atoms with Crippen LogP contribution < -0.4 is 10.0 Å². The molecule has 2 aromatic rings. The summed E-state index contributed by atoms with van der Waals surface area (Å²) >= 11 is 0. The Morgan fingerprint density at radius 2 is 1.27 bits per heavy atom. The lowest BCUT2D eigenvalue weighted by molar-refractivity contribution is 0.100. The van der Waals surface area contributed by atoms with Crippen LogP contribution in [0, 0.1) is 0 Å². The van der Waals surface area contributed by atoms with Crippen LogP contribution in [-0.4, -0.2) is 48.2 Å². The summed E-state index contributed by atoms with van der Waals surface area (Å²) in [6.45, 7) is 0. The van der Waals surface area contributed by atoms with Gasteiger partial charge >= 0.3 is 0 Å². The van der Waals surface area contributed by atoms with Crippen molar-refractivity contribution < 1.29 is 21.6 Å². The molecule has 140 valence electrons. The number of nitrogens with zero attached hydrogens (tertiary/aromatic N) is 2. The van der Waals surface area contributed by atoms with Crippen molar-refractivity contribution >= 4 is 31.6 Å². The van der Waals surface area contributed by atoms with Crippen molar-refractivity contribution in [1.82, 2.24) is 4.31 Å². The summed E-state index contributed by atoms with van der Waals surface area (Å²) in [4.78, 5) is 11.4. The number of nitrogens with two attached hydrogens (primary N) is 1. The monoisotopic (exact) mass is 397 g/mol. The average Bonchev–Trinajstić information content (AvgIpc) is 2.60. The van der Waals surface area contributed by atoms with Crippen LogP contribution >= 0.6 is 0 Å². The Hall–Kier alpha value is -2.43. The van der Waals surface area contributed by atoms with E-state index in [-0.39, 0.29) is 21.0 Å². The normalized spacial score (nSPS) is 12.2. The number of para-hydroxylation sites is 1. The van der Waals surface area contributed by atoms with Gasteiger partial charge in [-0.25, -0.2) is 21.1 Å². The van der Waals surface area contributed by atoms with Crippen LogP contribution in [0.25, 0.3) is 0 Å². The molecule has 0 heterocycles. The summed E-state index contributed by atoms with van der Waals surface area (Å²) in [6.07, 6.45) is 0. The van der Waals surface area contributed by atoms with E-state index in [4.69, 9.17) is 5.73 Å². The highest BCUT2D eigenvalue weighted by Crippen LogP contribution is 2.26. The molecule has 0 aliphatic rings. The fraction of sp³-hybridized carbons (Fsp3) is 0.188. The zero-order chi connectivity index (χ0) is 19.7. The van der Waals surface area contributed by atoms with E-state index in [2.05, 4.69) is 0 Å². The molecule has 0 atom stereocenters. The molecule has 2 aromatic carbocycles. The van der Waals surface area contributed by atoms with Crippen LogP contribution in [0.3, 0.4) is 0 Å². The third-order valence-corrected chi connectivity index (χ3v) is 7.38. The van der Waals surface area contributed by atoms with Crippen molar-refractivity contribution in [2.75, 3.05) is 25.4 Å². The predicted octanol–water partition coefficient (Wildman–Crippen LogP) is 0.861. The maximum absolute atomic E-state index is 12.8. The number of rotatable bonds is 6. The molecule has 26 heavy (non-hydrogen) atoms. The zero-order valence-electron chi connectivity index (χ0n) is 14.4. The van der Waals surface area contributed by atoms with Gasteiger partial charge < -0.3 is 5.73 Å². The molecule has 0 spiro atoms. The first kappa shape index (κ1) is 19.9. The predicted molar refractivity (Wildman–Crippen MR) is 97.9 cm³/mol. The molecule has 0 aliphatic carbocycles. The van der Waals surface area contributed by atoms with Crippen molar-refractivity contribution in [3.8, 4) is 0 Å². The molecular weight excluding hydrogens is 378 g/mol. The van der Waals surface area contributed by atoms with Crippen molar-refractivity contribution in [2.45, 2.75) is 9.79 Å². The third kappa shape index (κ3) is 3.57. The molecule has 2 N–H and O–H groups in total. The fourth-order valence-corrected chi connectivity index (χ4v) is 4.35. The van der Waals surface area contributed by atoms with Gasteiger partial charge in [-0.2, -0.15) is 0 Å². The number of benzene rings is 2. The molecule has 0 aromatic heterocycles. The van der Waals surface area contributed by atoms with Crippen LogP contribution in [0.1, 0.15) is 10.4 Å². The molecule has 0 bridgehead atoms. The Labute approximate surface area is 152 Å². The van der Waals surface area contributed by atoms with Gasteiger partial charge in [-0.15, -0.1) is 0 Å². The van der Waals surface area contributed by atoms with E-state index in [1.807, 2.05) is 0 Å². The molecule has 10 heteroatoms. The summed E-state index contributed by atoms with van der Waals surface area (Å²) in [7, 11) is -3.62. The molecule has 0 radical (unpaired) electrons. The van der Waals surface area contributed by atoms with Crippen LogP contribution in [0.4, 0.5) is 5.69 Å². The Kier molecular flexibility index (Phi) is 5.40. The van der Waals surface area contributed by atoms with E-state index < -0.39 is 26.0 Å². The lowest BCUT2D eigenvalue weighted by Crippen LogP contribution is -2.29. The van der Waals surface area contributed by atoms with E-state index in [0.29, 0.717) is 0 Å². The molecular formula is C16H19N3O5S2. The van der Waals surface area contributed by atoms with Gasteiger partial charge in [0.2, 0.25) is 10.0 Å². The molecule has 0 saturated heterocycles. The van der Waals surface area contributed by atoms with Gasteiger partial charge in [-0.3, -0.25) is 9.10 Å². The quantitative estimate of drug-likeness (QED) is 0.776. The molecule has 0 aliphatic heterocycles. The smallest absolute Gasteiger partial charge is 0.264 e.